The summed E-state index contributed by atoms with van der Waals surface area (Å²) in [6.07, 6.45) is 3.24. The van der Waals surface area contributed by atoms with Crippen molar-refractivity contribution < 1.29 is 18.6 Å². The van der Waals surface area contributed by atoms with Gasteiger partial charge >= 0.3 is 0 Å². The molecule has 6 aromatic carbocycles. The summed E-state index contributed by atoms with van der Waals surface area (Å²) in [4.78, 5) is 18.4. The monoisotopic (exact) mass is 720 g/mol. The highest BCUT2D eigenvalue weighted by Gasteiger charge is 2.33. The molecule has 2 heterocycles. The van der Waals surface area contributed by atoms with Crippen molar-refractivity contribution in [2.45, 2.75) is 0 Å². The van der Waals surface area contributed by atoms with Crippen LogP contribution in [0.1, 0.15) is 0 Å². The SMILES string of the molecule is COc1ccc2ncc(P(=O)(c3ccccc3)c3ccccc3)nc2c1.COc1ccc2ncc(P(=O)(c3ccccc3)c3ccccc3)nc2c1. The van der Waals surface area contributed by atoms with Gasteiger partial charge in [0, 0.05) is 33.4 Å². The van der Waals surface area contributed by atoms with E-state index in [-0.39, 0.29) is 0 Å². The number of nitrogens with zero attached hydrogens (tertiary/aromatic N) is 4. The third kappa shape index (κ3) is 6.74. The van der Waals surface area contributed by atoms with Crippen LogP contribution in [0.5, 0.6) is 11.5 Å². The lowest BCUT2D eigenvalue weighted by Gasteiger charge is -2.19. The zero-order valence-corrected chi connectivity index (χ0v) is 30.3. The molecular weight excluding hydrogens is 686 g/mol. The average molecular weight is 721 g/mol. The van der Waals surface area contributed by atoms with Crippen LogP contribution >= 0.6 is 14.3 Å². The number of aromatic nitrogens is 4. The first-order chi connectivity index (χ1) is 25.4. The van der Waals surface area contributed by atoms with E-state index in [1.165, 1.54) is 0 Å². The molecule has 8 rings (SSSR count). The molecule has 8 nitrogen and oxygen atoms in total. The summed E-state index contributed by atoms with van der Waals surface area (Å²) in [5.74, 6) is 1.39. The molecule has 0 fully saturated rings. The van der Waals surface area contributed by atoms with E-state index >= 15 is 0 Å². The maximum absolute atomic E-state index is 14.3. The Bertz CT molecular complexity index is 2290. The van der Waals surface area contributed by atoms with Crippen LogP contribution in [-0.2, 0) is 9.13 Å². The number of fused-ring (bicyclic) bond motifs is 2. The van der Waals surface area contributed by atoms with Crippen LogP contribution in [0.15, 0.2) is 170 Å². The molecule has 0 saturated heterocycles. The van der Waals surface area contributed by atoms with Crippen LogP contribution in [0, 0.1) is 0 Å². The van der Waals surface area contributed by atoms with E-state index in [0.717, 1.165) is 32.3 Å². The molecule has 0 aliphatic rings. The largest absolute Gasteiger partial charge is 0.497 e. The second-order valence-electron chi connectivity index (χ2n) is 11.7. The molecular formula is C42H34N4O4P2. The Labute approximate surface area is 302 Å². The van der Waals surface area contributed by atoms with Gasteiger partial charge in [-0.25, -0.2) is 9.97 Å². The summed E-state index contributed by atoms with van der Waals surface area (Å²) in [7, 11) is -3.02. The fourth-order valence-electron chi connectivity index (χ4n) is 5.90. The van der Waals surface area contributed by atoms with E-state index in [1.807, 2.05) is 158 Å². The van der Waals surface area contributed by atoms with Gasteiger partial charge in [-0.2, -0.15) is 0 Å². The molecule has 52 heavy (non-hydrogen) atoms. The molecule has 0 radical (unpaired) electrons. The summed E-state index contributed by atoms with van der Waals surface area (Å²) in [6, 6.07) is 48.8. The van der Waals surface area contributed by atoms with Gasteiger partial charge in [0.2, 0.25) is 0 Å². The normalized spacial score (nSPS) is 11.4. The quantitative estimate of drug-likeness (QED) is 0.163. The van der Waals surface area contributed by atoms with E-state index in [9.17, 15) is 9.13 Å². The highest BCUT2D eigenvalue weighted by atomic mass is 31.2. The maximum Gasteiger partial charge on any atom is 0.190 e. The lowest BCUT2D eigenvalue weighted by molar-refractivity contribution is 0.415. The molecule has 256 valence electrons. The number of benzene rings is 6. The molecule has 0 unspecified atom stereocenters. The van der Waals surface area contributed by atoms with Crippen molar-refractivity contribution >= 4 is 68.4 Å². The second-order valence-corrected chi connectivity index (χ2v) is 17.1. The van der Waals surface area contributed by atoms with Gasteiger partial charge < -0.3 is 18.6 Å². The van der Waals surface area contributed by atoms with Crippen LogP contribution in [0.4, 0.5) is 0 Å². The minimum Gasteiger partial charge on any atom is -0.497 e. The first-order valence-corrected chi connectivity index (χ1v) is 19.9. The molecule has 0 N–H and O–H groups in total. The highest BCUT2D eigenvalue weighted by Crippen LogP contribution is 2.42. The maximum atomic E-state index is 14.3. The third-order valence-electron chi connectivity index (χ3n) is 8.60. The van der Waals surface area contributed by atoms with E-state index in [0.29, 0.717) is 33.4 Å². The minimum atomic E-state index is -3.12. The summed E-state index contributed by atoms with van der Waals surface area (Å²) < 4.78 is 39.1. The first kappa shape index (κ1) is 34.5. The molecule has 0 bridgehead atoms. The minimum absolute atomic E-state index is 0.468. The van der Waals surface area contributed by atoms with Crippen LogP contribution in [0.25, 0.3) is 22.1 Å². The zero-order valence-electron chi connectivity index (χ0n) is 28.5. The summed E-state index contributed by atoms with van der Waals surface area (Å²) >= 11 is 0. The number of methoxy groups -OCH3 is 2. The lowest BCUT2D eigenvalue weighted by atomic mass is 10.3. The first-order valence-electron chi connectivity index (χ1n) is 16.5. The van der Waals surface area contributed by atoms with Gasteiger partial charge in [-0.1, -0.05) is 121 Å². The molecule has 2 aromatic heterocycles. The smallest absolute Gasteiger partial charge is 0.190 e. The molecule has 0 saturated carbocycles. The second kappa shape index (κ2) is 15.1. The summed E-state index contributed by atoms with van der Waals surface area (Å²) in [6.45, 7) is 0. The Kier molecular flexibility index (Phi) is 10.0. The third-order valence-corrected chi connectivity index (χ3v) is 14.4. The van der Waals surface area contributed by atoms with Crippen LogP contribution in [0.3, 0.4) is 0 Å². The number of hydrogen-bond acceptors (Lipinski definition) is 8. The standard InChI is InChI=1S/2C21H17N2O2P/c2*1-25-16-12-13-19-20(14-16)23-21(15-22-19)26(24,17-8-4-2-5-9-17)18-10-6-3-7-11-18/h2*2-15H,1H3. The van der Waals surface area contributed by atoms with Crippen molar-refractivity contribution in [2.75, 3.05) is 14.2 Å². The van der Waals surface area contributed by atoms with Gasteiger partial charge in [-0.3, -0.25) is 9.97 Å². The Balaban J connectivity index is 0.000000162. The van der Waals surface area contributed by atoms with Crippen molar-refractivity contribution in [3.63, 3.8) is 0 Å². The van der Waals surface area contributed by atoms with Gasteiger partial charge in [-0.15, -0.1) is 0 Å². The molecule has 8 aromatic rings. The number of ether oxygens (including phenoxy) is 2. The van der Waals surface area contributed by atoms with Gasteiger partial charge in [0.1, 0.15) is 22.4 Å². The topological polar surface area (TPSA) is 104 Å². The molecule has 0 aliphatic heterocycles. The zero-order chi connectivity index (χ0) is 36.0. The van der Waals surface area contributed by atoms with Gasteiger partial charge in [0.15, 0.2) is 14.3 Å². The fraction of sp³-hybridized carbons (Fsp3) is 0.0476. The lowest BCUT2D eigenvalue weighted by Crippen LogP contribution is -2.27. The van der Waals surface area contributed by atoms with Crippen molar-refractivity contribution in [3.8, 4) is 11.5 Å². The van der Waals surface area contributed by atoms with Gasteiger partial charge in [0.05, 0.1) is 48.7 Å². The Morgan fingerprint density at radius 2 is 0.712 bits per heavy atom. The van der Waals surface area contributed by atoms with Crippen molar-refractivity contribution in [3.05, 3.63) is 170 Å². The fourth-order valence-corrected chi connectivity index (χ4v) is 10.9. The van der Waals surface area contributed by atoms with Crippen molar-refractivity contribution in [2.24, 2.45) is 0 Å². The molecule has 10 heteroatoms. The van der Waals surface area contributed by atoms with Gasteiger partial charge in [-0.05, 0) is 24.3 Å². The summed E-state index contributed by atoms with van der Waals surface area (Å²) in [5, 5.41) is 2.95. The van der Waals surface area contributed by atoms with Crippen molar-refractivity contribution in [1.82, 2.24) is 19.9 Å². The summed E-state index contributed by atoms with van der Waals surface area (Å²) in [5.41, 5.74) is 3.73. The Hall–Kier alpha value is -5.94. The van der Waals surface area contributed by atoms with E-state index in [4.69, 9.17) is 19.4 Å². The van der Waals surface area contributed by atoms with Crippen LogP contribution < -0.4 is 41.6 Å². The van der Waals surface area contributed by atoms with E-state index in [1.54, 1.807) is 26.6 Å². The Morgan fingerprint density at radius 1 is 0.404 bits per heavy atom. The van der Waals surface area contributed by atoms with Crippen molar-refractivity contribution in [1.29, 1.82) is 0 Å². The molecule has 0 spiro atoms. The number of hydrogen-bond donors (Lipinski definition) is 0. The number of rotatable bonds is 8. The molecule has 0 amide bonds. The van der Waals surface area contributed by atoms with Gasteiger partial charge in [0.25, 0.3) is 0 Å². The highest BCUT2D eigenvalue weighted by molar-refractivity contribution is 7.85. The van der Waals surface area contributed by atoms with E-state index in [2.05, 4.69) is 9.97 Å². The van der Waals surface area contributed by atoms with Crippen LogP contribution in [-0.4, -0.2) is 34.2 Å². The molecule has 0 atom stereocenters. The average Bonchev–Trinajstić information content (AvgIpc) is 3.23. The predicted octanol–water partition coefficient (Wildman–Crippen LogP) is 6.56. The van der Waals surface area contributed by atoms with Crippen LogP contribution in [0.2, 0.25) is 0 Å². The Morgan fingerprint density at radius 3 is 1.00 bits per heavy atom. The van der Waals surface area contributed by atoms with E-state index < -0.39 is 14.3 Å². The predicted molar refractivity (Wildman–Crippen MR) is 211 cm³/mol. The molecule has 0 aliphatic carbocycles.